The summed E-state index contributed by atoms with van der Waals surface area (Å²) in [4.78, 5) is 108. The zero-order valence-corrected chi connectivity index (χ0v) is 73.4. The lowest BCUT2D eigenvalue weighted by molar-refractivity contribution is -0.158. The number of phenolic OH excluding ortho intramolecular Hbond substituents is 1. The molecule has 7 rings (SSSR count). The van der Waals surface area contributed by atoms with Crippen molar-refractivity contribution in [3.8, 4) is 17.2 Å². The molecule has 0 aromatic heterocycles. The Labute approximate surface area is 710 Å². The van der Waals surface area contributed by atoms with Gasteiger partial charge in [-0.05, 0) is 219 Å². The van der Waals surface area contributed by atoms with E-state index in [1.54, 1.807) is 106 Å². The number of aliphatic carboxylic acids is 3. The maximum Gasteiger partial charge on any atom is 0.426 e. The number of aromatic hydroxyl groups is 1. The highest BCUT2D eigenvalue weighted by Crippen LogP contribution is 2.22. The highest BCUT2D eigenvalue weighted by Gasteiger charge is 2.31. The van der Waals surface area contributed by atoms with E-state index in [-0.39, 0.29) is 31.6 Å². The second kappa shape index (κ2) is 58.5. The molecule has 0 aliphatic rings. The van der Waals surface area contributed by atoms with Crippen LogP contribution >= 0.6 is 0 Å². The largest absolute Gasteiger partial charge is 0.508 e. The summed E-state index contributed by atoms with van der Waals surface area (Å²) in [5, 5.41) is 36.4. The number of rotatable bonds is 25. The molecule has 33 nitrogen and oxygen atoms in total. The molecule has 0 saturated heterocycles. The minimum absolute atomic E-state index is 0.161. The number of hydrogen-bond acceptors (Lipinski definition) is 22. The molecule has 7 amide bonds. The Morgan fingerprint density at radius 2 is 0.810 bits per heavy atom. The van der Waals surface area contributed by atoms with Gasteiger partial charge in [-0.1, -0.05) is 156 Å². The number of carboxylic acids is 3. The first-order chi connectivity index (χ1) is 56.2. The maximum absolute atomic E-state index is 11.7. The van der Waals surface area contributed by atoms with Crippen LogP contribution in [0, 0.1) is 27.7 Å². The topological polar surface area (TPSA) is 520 Å². The zero-order valence-electron chi connectivity index (χ0n) is 72.6. The predicted molar refractivity (Wildman–Crippen MR) is 462 cm³/mol. The van der Waals surface area contributed by atoms with Crippen LogP contribution in [0.1, 0.15) is 188 Å². The average molecular weight is 1710 g/mol. The Morgan fingerprint density at radius 1 is 0.479 bits per heavy atom. The lowest BCUT2D eigenvalue weighted by Gasteiger charge is -2.25. The van der Waals surface area contributed by atoms with E-state index in [1.165, 1.54) is 16.7 Å². The van der Waals surface area contributed by atoms with Crippen LogP contribution in [0.5, 0.6) is 17.2 Å². The Hall–Kier alpha value is -12.4. The molecule has 0 unspecified atom stereocenters. The number of carbonyl (C=O) groups excluding carboxylic acids is 7. The molecule has 17 N–H and O–H groups in total. The van der Waals surface area contributed by atoms with Crippen molar-refractivity contribution in [2.24, 2.45) is 23.2 Å². The van der Waals surface area contributed by atoms with Crippen LogP contribution in [-0.2, 0) is 87.1 Å². The molecule has 121 heavy (non-hydrogen) atoms. The molecule has 0 atom stereocenters. The number of amides is 7. The van der Waals surface area contributed by atoms with Gasteiger partial charge in [-0.2, -0.15) is 8.42 Å². The smallest absolute Gasteiger partial charge is 0.426 e. The van der Waals surface area contributed by atoms with Crippen molar-refractivity contribution in [2.75, 3.05) is 20.0 Å². The van der Waals surface area contributed by atoms with E-state index in [1.807, 2.05) is 187 Å². The normalized spacial score (nSPS) is 10.4. The molecule has 0 spiro atoms. The molecule has 0 bridgehead atoms. The first-order valence-corrected chi connectivity index (χ1v) is 39.9. The Bertz CT molecular complexity index is 4300. The lowest BCUT2D eigenvalue weighted by atomic mass is 10.1. The molecule has 0 heterocycles. The lowest BCUT2D eigenvalue weighted by Crippen LogP contribution is -2.49. The number of urea groups is 2. The summed E-state index contributed by atoms with van der Waals surface area (Å²) in [6.45, 7) is 30.5. The fourth-order valence-corrected chi connectivity index (χ4v) is 8.76. The van der Waals surface area contributed by atoms with Gasteiger partial charge in [-0.15, -0.1) is 0 Å². The Morgan fingerprint density at radius 3 is 1.13 bits per heavy atom. The maximum atomic E-state index is 11.7. The number of ether oxygens (including phenoxy) is 6. The SMILES string of the molecule is CC(C)(C)OC(=O)NN.CCOC(=O)C(C)(C)Oc1ccc(CCCC(=O)O)cc1.COc1ccc(CCCC(=O)O)cc1.CS(=O)(=O)O.Cc1ccc(C=O)cc1.Cc1ccc(CN(N)C(N)=O)cc1.Cc1ccc(CN(NC(=O)OC(C)(C)C)C(N)=O)cc1.Cc1ccc(CNNC(=O)OC(C)(C)C)cc1.O=C(O)CCCc1ccc(O)cc1. The monoisotopic (exact) mass is 1710 g/mol. The van der Waals surface area contributed by atoms with Crippen LogP contribution in [0.15, 0.2) is 170 Å². The first-order valence-electron chi connectivity index (χ1n) is 38.1. The summed E-state index contributed by atoms with van der Waals surface area (Å²) >= 11 is 0. The molecule has 0 aliphatic heterocycles. The Kier molecular flexibility index (Phi) is 53.5. The van der Waals surface area contributed by atoms with Crippen LogP contribution in [0.3, 0.4) is 0 Å². The number of hydrazine groups is 4. The number of methoxy groups -OCH3 is 1. The van der Waals surface area contributed by atoms with Gasteiger partial charge < -0.3 is 60.3 Å². The van der Waals surface area contributed by atoms with Crippen LogP contribution in [0.4, 0.5) is 24.0 Å². The van der Waals surface area contributed by atoms with Gasteiger partial charge in [0.05, 0.1) is 33.1 Å². The zero-order chi connectivity index (χ0) is 92.7. The van der Waals surface area contributed by atoms with Crippen LogP contribution in [0.2, 0.25) is 0 Å². The number of esters is 1. The first kappa shape index (κ1) is 111. The molecule has 0 radical (unpaired) electrons. The number of hydrogen-bond donors (Lipinski definition) is 13. The van der Waals surface area contributed by atoms with E-state index >= 15 is 0 Å². The quantitative estimate of drug-likeness (QED) is 0.00481. The highest BCUT2D eigenvalue weighted by molar-refractivity contribution is 7.85. The number of carbonyl (C=O) groups is 10. The van der Waals surface area contributed by atoms with Crippen molar-refractivity contribution in [1.29, 1.82) is 0 Å². The van der Waals surface area contributed by atoms with Gasteiger partial charge in [0.15, 0.2) is 5.60 Å². The van der Waals surface area contributed by atoms with Gasteiger partial charge >= 0.3 is 54.2 Å². The van der Waals surface area contributed by atoms with Crippen molar-refractivity contribution in [1.82, 2.24) is 31.7 Å². The van der Waals surface area contributed by atoms with Crippen molar-refractivity contribution in [3.63, 3.8) is 0 Å². The molecule has 0 fully saturated rings. The number of aryl methyl sites for hydroxylation is 7. The van der Waals surface area contributed by atoms with Gasteiger partial charge in [0.1, 0.15) is 40.3 Å². The van der Waals surface area contributed by atoms with E-state index in [4.69, 9.17) is 76.6 Å². The average Bonchev–Trinajstić information content (AvgIpc) is 0.853. The number of nitrogens with one attached hydrogen (secondary N) is 4. The summed E-state index contributed by atoms with van der Waals surface area (Å²) in [6.07, 6.45) is 4.52. The van der Waals surface area contributed by atoms with Crippen molar-refractivity contribution < 1.29 is 110 Å². The molecule has 34 heteroatoms. The second-order valence-electron chi connectivity index (χ2n) is 30.1. The number of nitrogens with zero attached hydrogens (tertiary/aromatic N) is 2. The number of phenols is 1. The van der Waals surface area contributed by atoms with E-state index in [2.05, 4.69) is 16.3 Å². The summed E-state index contributed by atoms with van der Waals surface area (Å²) < 4.78 is 56.4. The molecule has 0 aliphatic carbocycles. The molecular formula is C87H126N10O23S. The third-order valence-corrected chi connectivity index (χ3v) is 14.6. The second-order valence-corrected chi connectivity index (χ2v) is 31.5. The van der Waals surface area contributed by atoms with Crippen molar-refractivity contribution >= 4 is 70.6 Å². The molecule has 0 saturated carbocycles. The minimum Gasteiger partial charge on any atom is -0.508 e. The van der Waals surface area contributed by atoms with E-state index < -0.39 is 86.7 Å². The Balaban J connectivity index is 0. The third-order valence-electron chi connectivity index (χ3n) is 14.6. The number of benzene rings is 7. The van der Waals surface area contributed by atoms with Crippen LogP contribution in [-0.4, -0.2) is 146 Å². The molecular weight excluding hydrogens is 1590 g/mol. The summed E-state index contributed by atoms with van der Waals surface area (Å²) in [5.41, 5.74) is 28.7. The molecule has 7 aromatic rings. The highest BCUT2D eigenvalue weighted by atomic mass is 32.2. The fraction of sp³-hybridized carbons (Fsp3) is 0.402. The number of carboxylic acid groups (broad SMARTS) is 3. The molecule has 668 valence electrons. The third kappa shape index (κ3) is 64.3. The van der Waals surface area contributed by atoms with Gasteiger partial charge in [-0.3, -0.25) is 39.6 Å². The van der Waals surface area contributed by atoms with Gasteiger partial charge in [-0.25, -0.2) is 56.3 Å². The van der Waals surface area contributed by atoms with E-state index in [0.29, 0.717) is 57.4 Å². The van der Waals surface area contributed by atoms with Crippen LogP contribution < -0.4 is 54.3 Å². The number of nitrogens with two attached hydrogens (primary N) is 4. The van der Waals surface area contributed by atoms with E-state index in [9.17, 15) is 56.4 Å². The summed E-state index contributed by atoms with van der Waals surface area (Å²) in [5.74, 6) is 9.05. The van der Waals surface area contributed by atoms with Gasteiger partial charge in [0.25, 0.3) is 10.1 Å². The fourth-order valence-electron chi connectivity index (χ4n) is 8.76. The molecule has 7 aromatic carbocycles. The van der Waals surface area contributed by atoms with Gasteiger partial charge in [0.2, 0.25) is 0 Å². The van der Waals surface area contributed by atoms with Crippen molar-refractivity contribution in [3.05, 3.63) is 231 Å². The summed E-state index contributed by atoms with van der Waals surface area (Å²) in [6, 6.07) is 51.3. The van der Waals surface area contributed by atoms with Crippen molar-refractivity contribution in [2.45, 2.75) is 211 Å². The predicted octanol–water partition coefficient (Wildman–Crippen LogP) is 14.0. The number of aldehydes is 1. The van der Waals surface area contributed by atoms with E-state index in [0.717, 1.165) is 79.4 Å². The summed E-state index contributed by atoms with van der Waals surface area (Å²) in [7, 11) is -2.04. The number of primary amides is 2. The van der Waals surface area contributed by atoms with Crippen LogP contribution in [0.25, 0.3) is 0 Å². The van der Waals surface area contributed by atoms with Gasteiger partial charge in [0, 0.05) is 31.4 Å². The standard InChI is InChI=1S/C16H22O5.C14H21N3O3.C13H20N2O2.C11H14O3.C10H12O3.C9H13N3O.C8H8O.C5H12N2O2.CH4O3S/c1-4-20-15(19)16(2,3)21-13-10-8-12(9-11-13)6-5-7-14(17)18;1-10-5-7-11(8-6-10)9-17(12(15)18)16-13(19)20-14(2,3)4;1-10-5-7-11(8-6-10)9-14-15-12(16)17-13(2,3)4;1-14-10-7-5-9(6-8-10)3-2-4-11(12)13;11-9-6-4-8(5-7-9)2-1-3-10(12)13;1-7-2-4-8(5-3-7)6-12(11)9(10)13;1-7-2-4-8(6-9)5-3-7;1-5(2,3)9-4(8)7-6;1-5(2,3)4/h8-11H,4-7H2,1-3H3,(H,17,18);5-8H,9H2,1-4H3,(H2,15,18)(H,16,19);5-8,14H,9H2,1-4H3,(H,15,16);5-8H,2-4H2,1H3,(H,12,13);4-7,11H,1-3H2,(H,12,13);2-5H,6,11H2,1H3,(H2,10,13);2-6H,1H3;6H2,1-3H3,(H,7,8);1H3,(H,2,3,4). The minimum atomic E-state index is -3.67.